The molecule has 0 unspecified atom stereocenters. The van der Waals surface area contributed by atoms with Gasteiger partial charge in [0.2, 0.25) is 0 Å². The molecule has 0 saturated carbocycles. The third kappa shape index (κ3) is 7.37. The minimum Gasteiger partial charge on any atom is -0.493 e. The van der Waals surface area contributed by atoms with Crippen molar-refractivity contribution >= 4 is 11.9 Å². The van der Waals surface area contributed by atoms with Crippen molar-refractivity contribution in [2.45, 2.75) is 32.6 Å². The maximum atomic E-state index is 11.5. The molecular formula is C18H23NO4. The number of hydrogen-bond acceptors (Lipinski definition) is 4. The Kier molecular flexibility index (Phi) is 7.14. The van der Waals surface area contributed by atoms with E-state index in [0.29, 0.717) is 5.75 Å². The van der Waals surface area contributed by atoms with Crippen LogP contribution >= 0.6 is 0 Å². The zero-order valence-corrected chi connectivity index (χ0v) is 13.8. The third-order valence-corrected chi connectivity index (χ3v) is 3.05. The van der Waals surface area contributed by atoms with E-state index >= 15 is 0 Å². The quantitative estimate of drug-likeness (QED) is 0.617. The van der Waals surface area contributed by atoms with Gasteiger partial charge in [0.15, 0.2) is 6.61 Å². The van der Waals surface area contributed by atoms with Gasteiger partial charge in [-0.15, -0.1) is 6.42 Å². The first kappa shape index (κ1) is 18.6. The SMILES string of the molecule is C#CCNC(=O)COC(=O)CCOc1ccc(C(C)(C)C)cc1. The highest BCUT2D eigenvalue weighted by Gasteiger charge is 2.13. The number of carbonyl (C=O) groups excluding carboxylic acids is 2. The number of hydrogen-bond donors (Lipinski definition) is 1. The van der Waals surface area contributed by atoms with E-state index < -0.39 is 11.9 Å². The van der Waals surface area contributed by atoms with Gasteiger partial charge in [0.1, 0.15) is 5.75 Å². The van der Waals surface area contributed by atoms with Crippen molar-refractivity contribution in [3.8, 4) is 18.1 Å². The number of benzene rings is 1. The standard InChI is InChI=1S/C18H23NO4/c1-5-11-19-16(20)13-23-17(21)10-12-22-15-8-6-14(7-9-15)18(2,3)4/h1,6-9H,10-13H2,2-4H3,(H,19,20). The topological polar surface area (TPSA) is 64.6 Å². The molecule has 1 amide bonds. The van der Waals surface area contributed by atoms with Crippen molar-refractivity contribution in [1.29, 1.82) is 0 Å². The lowest BCUT2D eigenvalue weighted by Crippen LogP contribution is -2.29. The zero-order valence-electron chi connectivity index (χ0n) is 13.8. The highest BCUT2D eigenvalue weighted by Crippen LogP contribution is 2.24. The fourth-order valence-corrected chi connectivity index (χ4v) is 1.72. The average molecular weight is 317 g/mol. The van der Waals surface area contributed by atoms with Crippen LogP contribution in [0.15, 0.2) is 24.3 Å². The van der Waals surface area contributed by atoms with Gasteiger partial charge in [-0.05, 0) is 23.1 Å². The summed E-state index contributed by atoms with van der Waals surface area (Å²) in [5.74, 6) is 2.04. The monoisotopic (exact) mass is 317 g/mol. The van der Waals surface area contributed by atoms with Gasteiger partial charge in [0.25, 0.3) is 5.91 Å². The van der Waals surface area contributed by atoms with Crippen molar-refractivity contribution < 1.29 is 19.1 Å². The molecule has 1 rings (SSSR count). The van der Waals surface area contributed by atoms with Crippen LogP contribution in [0.5, 0.6) is 5.75 Å². The second-order valence-corrected chi connectivity index (χ2v) is 6.01. The summed E-state index contributed by atoms with van der Waals surface area (Å²) in [7, 11) is 0. The smallest absolute Gasteiger partial charge is 0.309 e. The normalized spacial score (nSPS) is 10.5. The number of nitrogens with one attached hydrogen (secondary N) is 1. The largest absolute Gasteiger partial charge is 0.493 e. The summed E-state index contributed by atoms with van der Waals surface area (Å²) in [5, 5.41) is 2.40. The molecule has 0 radical (unpaired) electrons. The lowest BCUT2D eigenvalue weighted by molar-refractivity contribution is -0.148. The molecule has 23 heavy (non-hydrogen) atoms. The fraction of sp³-hybridized carbons (Fsp3) is 0.444. The average Bonchev–Trinajstić information content (AvgIpc) is 2.50. The van der Waals surface area contributed by atoms with Crippen LogP contribution in [0.2, 0.25) is 0 Å². The predicted octanol–water partition coefficient (Wildman–Crippen LogP) is 2.05. The van der Waals surface area contributed by atoms with Gasteiger partial charge in [-0.3, -0.25) is 9.59 Å². The molecule has 0 fully saturated rings. The summed E-state index contributed by atoms with van der Waals surface area (Å²) in [4.78, 5) is 22.7. The molecule has 0 aliphatic rings. The molecule has 1 aromatic carbocycles. The van der Waals surface area contributed by atoms with Gasteiger partial charge in [-0.25, -0.2) is 0 Å². The third-order valence-electron chi connectivity index (χ3n) is 3.05. The lowest BCUT2D eigenvalue weighted by atomic mass is 9.87. The molecule has 0 saturated heterocycles. The second kappa shape index (κ2) is 8.84. The van der Waals surface area contributed by atoms with E-state index in [0.717, 1.165) is 0 Å². The summed E-state index contributed by atoms with van der Waals surface area (Å²) in [6.45, 7) is 6.39. The number of esters is 1. The van der Waals surface area contributed by atoms with Crippen LogP contribution in [0.4, 0.5) is 0 Å². The fourth-order valence-electron chi connectivity index (χ4n) is 1.72. The Balaban J connectivity index is 2.27. The molecule has 1 N–H and O–H groups in total. The Labute approximate surface area is 137 Å². The molecule has 0 bridgehead atoms. The molecule has 5 nitrogen and oxygen atoms in total. The van der Waals surface area contributed by atoms with Crippen molar-refractivity contribution in [2.24, 2.45) is 0 Å². The summed E-state index contributed by atoms with van der Waals surface area (Å²) in [6.07, 6.45) is 5.07. The Morgan fingerprint density at radius 1 is 1.22 bits per heavy atom. The second-order valence-electron chi connectivity index (χ2n) is 6.01. The van der Waals surface area contributed by atoms with Gasteiger partial charge < -0.3 is 14.8 Å². The van der Waals surface area contributed by atoms with Gasteiger partial charge in [-0.1, -0.05) is 38.8 Å². The molecule has 0 atom stereocenters. The minimum absolute atomic E-state index is 0.0729. The lowest BCUT2D eigenvalue weighted by Gasteiger charge is -2.19. The summed E-state index contributed by atoms with van der Waals surface area (Å²) in [6, 6.07) is 7.76. The van der Waals surface area contributed by atoms with E-state index in [9.17, 15) is 9.59 Å². The van der Waals surface area contributed by atoms with E-state index in [1.54, 1.807) is 0 Å². The predicted molar refractivity (Wildman–Crippen MR) is 88.1 cm³/mol. The van der Waals surface area contributed by atoms with Crippen LogP contribution in [0, 0.1) is 12.3 Å². The van der Waals surface area contributed by atoms with Gasteiger partial charge >= 0.3 is 5.97 Å². The van der Waals surface area contributed by atoms with Crippen molar-refractivity contribution in [2.75, 3.05) is 19.8 Å². The van der Waals surface area contributed by atoms with Crippen molar-refractivity contribution in [1.82, 2.24) is 5.32 Å². The summed E-state index contributed by atoms with van der Waals surface area (Å²) >= 11 is 0. The molecule has 5 heteroatoms. The maximum Gasteiger partial charge on any atom is 0.309 e. The van der Waals surface area contributed by atoms with Crippen LogP contribution in [-0.4, -0.2) is 31.6 Å². The Hall–Kier alpha value is -2.48. The van der Waals surface area contributed by atoms with Crippen LogP contribution in [-0.2, 0) is 19.7 Å². The van der Waals surface area contributed by atoms with Crippen LogP contribution in [0.3, 0.4) is 0 Å². The minimum atomic E-state index is -0.493. The molecule has 124 valence electrons. The molecule has 0 aromatic heterocycles. The van der Waals surface area contributed by atoms with Gasteiger partial charge in [0.05, 0.1) is 19.6 Å². The van der Waals surface area contributed by atoms with Crippen LogP contribution in [0.25, 0.3) is 0 Å². The molecule has 0 heterocycles. The van der Waals surface area contributed by atoms with E-state index in [-0.39, 0.29) is 31.6 Å². The highest BCUT2D eigenvalue weighted by molar-refractivity contribution is 5.80. The zero-order chi connectivity index (χ0) is 17.3. The van der Waals surface area contributed by atoms with Gasteiger partial charge in [0, 0.05) is 0 Å². The summed E-state index contributed by atoms with van der Waals surface area (Å²) < 4.78 is 10.3. The highest BCUT2D eigenvalue weighted by atomic mass is 16.5. The number of carbonyl (C=O) groups is 2. The van der Waals surface area contributed by atoms with Crippen molar-refractivity contribution in [3.63, 3.8) is 0 Å². The first-order chi connectivity index (χ1) is 10.8. The molecular weight excluding hydrogens is 294 g/mol. The maximum absolute atomic E-state index is 11.5. The van der Waals surface area contributed by atoms with Crippen LogP contribution in [0.1, 0.15) is 32.8 Å². The number of rotatable bonds is 7. The van der Waals surface area contributed by atoms with Crippen LogP contribution < -0.4 is 10.1 Å². The Morgan fingerprint density at radius 2 is 1.87 bits per heavy atom. The van der Waals surface area contributed by atoms with Gasteiger partial charge in [-0.2, -0.15) is 0 Å². The molecule has 1 aromatic rings. The molecule has 0 spiro atoms. The van der Waals surface area contributed by atoms with E-state index in [1.165, 1.54) is 5.56 Å². The number of terminal acetylenes is 1. The first-order valence-corrected chi connectivity index (χ1v) is 7.42. The summed E-state index contributed by atoms with van der Waals surface area (Å²) in [5.41, 5.74) is 1.30. The molecule has 0 aliphatic heterocycles. The Bertz CT molecular complexity index is 564. The van der Waals surface area contributed by atoms with E-state index in [2.05, 4.69) is 32.0 Å². The number of amides is 1. The Morgan fingerprint density at radius 3 is 2.43 bits per heavy atom. The molecule has 0 aliphatic carbocycles. The van der Waals surface area contributed by atoms with E-state index in [4.69, 9.17) is 15.9 Å². The van der Waals surface area contributed by atoms with Crippen molar-refractivity contribution in [3.05, 3.63) is 29.8 Å². The number of ether oxygens (including phenoxy) is 2. The first-order valence-electron chi connectivity index (χ1n) is 7.42. The van der Waals surface area contributed by atoms with E-state index in [1.807, 2.05) is 24.3 Å².